The Balaban J connectivity index is 2.21. The molecule has 1 aliphatic heterocycles. The first-order valence-corrected chi connectivity index (χ1v) is 6.02. The molecule has 15 heavy (non-hydrogen) atoms. The maximum Gasteiger partial charge on any atom is 0.242 e. The second kappa shape index (κ2) is 3.55. The van der Waals surface area contributed by atoms with E-state index >= 15 is 0 Å². The van der Waals surface area contributed by atoms with E-state index < -0.39 is 15.6 Å². The minimum Gasteiger partial charge on any atom is -0.377 e. The third kappa shape index (κ3) is 2.17. The first-order valence-electron chi connectivity index (χ1n) is 4.54. The predicted octanol–water partition coefficient (Wildman–Crippen LogP) is 0.149. The number of pyridine rings is 1. The third-order valence-corrected chi connectivity index (χ3v) is 3.79. The molecule has 0 atom stereocenters. The van der Waals surface area contributed by atoms with Crippen LogP contribution in [-0.2, 0) is 14.8 Å². The van der Waals surface area contributed by atoms with Gasteiger partial charge in [0.15, 0.2) is 0 Å². The Morgan fingerprint density at radius 1 is 1.53 bits per heavy atom. The van der Waals surface area contributed by atoms with Crippen molar-refractivity contribution in [2.75, 3.05) is 13.2 Å². The van der Waals surface area contributed by atoms with Crippen molar-refractivity contribution in [3.05, 3.63) is 24.5 Å². The van der Waals surface area contributed by atoms with Crippen LogP contribution in [0.5, 0.6) is 0 Å². The second-order valence-electron chi connectivity index (χ2n) is 3.85. The highest BCUT2D eigenvalue weighted by Crippen LogP contribution is 2.19. The standard InChI is InChI=1S/C9H12N2O3S/c1-9(6-14-7-9)11-15(12,13)8-3-2-4-10-5-8/h2-5,11H,6-7H2,1H3. The largest absolute Gasteiger partial charge is 0.377 e. The molecule has 0 bridgehead atoms. The quantitative estimate of drug-likeness (QED) is 0.799. The molecule has 0 unspecified atom stereocenters. The summed E-state index contributed by atoms with van der Waals surface area (Å²) in [5.41, 5.74) is -0.478. The Morgan fingerprint density at radius 3 is 2.73 bits per heavy atom. The van der Waals surface area contributed by atoms with Crippen molar-refractivity contribution in [3.8, 4) is 0 Å². The van der Waals surface area contributed by atoms with E-state index in [2.05, 4.69) is 9.71 Å². The van der Waals surface area contributed by atoms with Crippen molar-refractivity contribution in [2.24, 2.45) is 0 Å². The highest BCUT2D eigenvalue weighted by Gasteiger charge is 2.37. The van der Waals surface area contributed by atoms with Gasteiger partial charge in [0.1, 0.15) is 4.90 Å². The maximum atomic E-state index is 11.8. The van der Waals surface area contributed by atoms with Crippen LogP contribution >= 0.6 is 0 Å². The average Bonchev–Trinajstić information content (AvgIpc) is 2.16. The van der Waals surface area contributed by atoms with Crippen LogP contribution in [-0.4, -0.2) is 32.2 Å². The molecule has 5 nitrogen and oxygen atoms in total. The van der Waals surface area contributed by atoms with Crippen LogP contribution in [0.4, 0.5) is 0 Å². The van der Waals surface area contributed by atoms with Gasteiger partial charge in [-0.1, -0.05) is 0 Å². The Morgan fingerprint density at radius 2 is 2.27 bits per heavy atom. The zero-order valence-electron chi connectivity index (χ0n) is 8.30. The molecule has 0 saturated carbocycles. The fraction of sp³-hybridized carbons (Fsp3) is 0.444. The summed E-state index contributed by atoms with van der Waals surface area (Å²) in [6, 6.07) is 3.10. The summed E-state index contributed by atoms with van der Waals surface area (Å²) in [4.78, 5) is 3.95. The Hall–Kier alpha value is -0.980. The van der Waals surface area contributed by atoms with Crippen molar-refractivity contribution in [1.82, 2.24) is 9.71 Å². The number of rotatable bonds is 3. The van der Waals surface area contributed by atoms with Crippen molar-refractivity contribution < 1.29 is 13.2 Å². The molecule has 0 radical (unpaired) electrons. The van der Waals surface area contributed by atoms with Crippen LogP contribution in [0.2, 0.25) is 0 Å². The van der Waals surface area contributed by atoms with Crippen LogP contribution < -0.4 is 4.72 Å². The fourth-order valence-electron chi connectivity index (χ4n) is 1.36. The maximum absolute atomic E-state index is 11.8. The van der Waals surface area contributed by atoms with E-state index in [1.807, 2.05) is 6.92 Å². The number of sulfonamides is 1. The summed E-state index contributed by atoms with van der Waals surface area (Å²) in [6.07, 6.45) is 2.86. The zero-order chi connectivity index (χ0) is 10.9. The third-order valence-electron chi connectivity index (χ3n) is 2.17. The Labute approximate surface area is 88.5 Å². The Kier molecular flexibility index (Phi) is 2.49. The lowest BCUT2D eigenvalue weighted by molar-refractivity contribution is -0.0523. The van der Waals surface area contributed by atoms with Gasteiger partial charge in [0, 0.05) is 12.4 Å². The van der Waals surface area contributed by atoms with Gasteiger partial charge in [0.25, 0.3) is 0 Å². The zero-order valence-corrected chi connectivity index (χ0v) is 9.12. The molecular weight excluding hydrogens is 216 g/mol. The van der Waals surface area contributed by atoms with Crippen LogP contribution in [0, 0.1) is 0 Å². The lowest BCUT2D eigenvalue weighted by atomic mass is 10.0. The van der Waals surface area contributed by atoms with Gasteiger partial charge in [-0.15, -0.1) is 0 Å². The lowest BCUT2D eigenvalue weighted by Crippen LogP contribution is -2.59. The van der Waals surface area contributed by atoms with Crippen molar-refractivity contribution in [1.29, 1.82) is 0 Å². The minimum absolute atomic E-state index is 0.179. The van der Waals surface area contributed by atoms with Crippen LogP contribution in [0.25, 0.3) is 0 Å². The normalized spacial score (nSPS) is 19.5. The molecular formula is C9H12N2O3S. The highest BCUT2D eigenvalue weighted by atomic mass is 32.2. The molecule has 1 aromatic heterocycles. The van der Waals surface area contributed by atoms with Gasteiger partial charge >= 0.3 is 0 Å². The monoisotopic (exact) mass is 228 g/mol. The van der Waals surface area contributed by atoms with E-state index in [1.54, 1.807) is 6.07 Å². The molecule has 1 saturated heterocycles. The van der Waals surface area contributed by atoms with E-state index in [-0.39, 0.29) is 4.90 Å². The topological polar surface area (TPSA) is 68.3 Å². The Bertz CT molecular complexity index is 440. The van der Waals surface area contributed by atoms with Gasteiger partial charge < -0.3 is 4.74 Å². The minimum atomic E-state index is -3.47. The molecule has 6 heteroatoms. The molecule has 1 fully saturated rings. The SMILES string of the molecule is CC1(NS(=O)(=O)c2cccnc2)COC1. The van der Waals surface area contributed by atoms with Gasteiger partial charge in [-0.05, 0) is 19.1 Å². The van der Waals surface area contributed by atoms with Crippen LogP contribution in [0.3, 0.4) is 0 Å². The average molecular weight is 228 g/mol. The van der Waals surface area contributed by atoms with Crippen molar-refractivity contribution in [3.63, 3.8) is 0 Å². The number of nitrogens with one attached hydrogen (secondary N) is 1. The number of nitrogens with zero attached hydrogens (tertiary/aromatic N) is 1. The molecule has 2 rings (SSSR count). The first kappa shape index (κ1) is 10.5. The summed E-state index contributed by atoms with van der Waals surface area (Å²) in [6.45, 7) is 2.63. The number of hydrogen-bond donors (Lipinski definition) is 1. The molecule has 1 N–H and O–H groups in total. The molecule has 0 spiro atoms. The summed E-state index contributed by atoms with van der Waals surface area (Å²) < 4.78 is 31.2. The highest BCUT2D eigenvalue weighted by molar-refractivity contribution is 7.89. The van der Waals surface area contributed by atoms with E-state index in [0.717, 1.165) is 0 Å². The molecule has 0 aromatic carbocycles. The second-order valence-corrected chi connectivity index (χ2v) is 5.53. The van der Waals surface area contributed by atoms with Crippen molar-refractivity contribution >= 4 is 10.0 Å². The van der Waals surface area contributed by atoms with E-state index in [1.165, 1.54) is 18.5 Å². The predicted molar refractivity (Wildman–Crippen MR) is 53.8 cm³/mol. The molecule has 2 heterocycles. The molecule has 1 aliphatic rings. The van der Waals surface area contributed by atoms with Gasteiger partial charge in [-0.2, -0.15) is 0 Å². The lowest BCUT2D eigenvalue weighted by Gasteiger charge is -2.38. The van der Waals surface area contributed by atoms with Crippen LogP contribution in [0.1, 0.15) is 6.92 Å². The smallest absolute Gasteiger partial charge is 0.242 e. The van der Waals surface area contributed by atoms with E-state index in [9.17, 15) is 8.42 Å². The van der Waals surface area contributed by atoms with Gasteiger partial charge in [0.2, 0.25) is 10.0 Å². The fourth-order valence-corrected chi connectivity index (χ4v) is 2.70. The molecule has 0 amide bonds. The summed E-state index contributed by atoms with van der Waals surface area (Å²) >= 11 is 0. The summed E-state index contributed by atoms with van der Waals surface area (Å²) in [5, 5.41) is 0. The molecule has 1 aromatic rings. The van der Waals surface area contributed by atoms with E-state index in [0.29, 0.717) is 13.2 Å². The molecule has 82 valence electrons. The van der Waals surface area contributed by atoms with E-state index in [4.69, 9.17) is 4.74 Å². The number of ether oxygens (including phenoxy) is 1. The van der Waals surface area contributed by atoms with Gasteiger partial charge in [-0.25, -0.2) is 13.1 Å². The van der Waals surface area contributed by atoms with Crippen molar-refractivity contribution in [2.45, 2.75) is 17.4 Å². The van der Waals surface area contributed by atoms with Gasteiger partial charge in [-0.3, -0.25) is 4.98 Å². The number of hydrogen-bond acceptors (Lipinski definition) is 4. The first-order chi connectivity index (χ1) is 7.02. The van der Waals surface area contributed by atoms with Gasteiger partial charge in [0.05, 0.1) is 18.8 Å². The van der Waals surface area contributed by atoms with Crippen LogP contribution in [0.15, 0.2) is 29.4 Å². The number of aromatic nitrogens is 1. The molecule has 0 aliphatic carbocycles. The summed E-state index contributed by atoms with van der Waals surface area (Å²) in [7, 11) is -3.47. The summed E-state index contributed by atoms with van der Waals surface area (Å²) in [5.74, 6) is 0.